The van der Waals surface area contributed by atoms with Crippen molar-refractivity contribution in [3.05, 3.63) is 40.0 Å². The van der Waals surface area contributed by atoms with Crippen LogP contribution in [0.25, 0.3) is 0 Å². The van der Waals surface area contributed by atoms with Gasteiger partial charge in [0.15, 0.2) is 5.82 Å². The van der Waals surface area contributed by atoms with Crippen molar-refractivity contribution in [3.63, 3.8) is 0 Å². The van der Waals surface area contributed by atoms with Gasteiger partial charge in [-0.1, -0.05) is 29.3 Å². The molecule has 132 valence electrons. The normalized spacial score (nSPS) is 18.4. The number of aliphatic imine (C=N–C) groups is 1. The van der Waals surface area contributed by atoms with Gasteiger partial charge in [0.25, 0.3) is 0 Å². The van der Waals surface area contributed by atoms with Gasteiger partial charge >= 0.3 is 0 Å². The molecule has 8 heteroatoms. The van der Waals surface area contributed by atoms with Crippen LogP contribution in [-0.4, -0.2) is 32.7 Å². The minimum absolute atomic E-state index is 0.141. The van der Waals surface area contributed by atoms with Gasteiger partial charge in [0, 0.05) is 13.6 Å². The summed E-state index contributed by atoms with van der Waals surface area (Å²) >= 11 is 14.1. The van der Waals surface area contributed by atoms with Crippen molar-refractivity contribution in [2.75, 3.05) is 16.8 Å². The molecule has 2 aliphatic rings. The number of aromatic nitrogens is 2. The average molecular weight is 396 g/mol. The van der Waals surface area contributed by atoms with Crippen molar-refractivity contribution < 1.29 is 0 Å². The number of aryl methyl sites for hydroxylation is 1. The molecular weight excluding hydrogens is 377 g/mol. The predicted octanol–water partition coefficient (Wildman–Crippen LogP) is 4.24. The fourth-order valence-electron chi connectivity index (χ4n) is 3.30. The van der Waals surface area contributed by atoms with Crippen LogP contribution in [-0.2, 0) is 13.6 Å². The van der Waals surface area contributed by atoms with Crippen LogP contribution in [0, 0.1) is 0 Å². The number of amidine groups is 1. The predicted molar refractivity (Wildman–Crippen MR) is 107 cm³/mol. The maximum atomic E-state index is 6.13. The molecule has 1 saturated heterocycles. The third-order valence-electron chi connectivity index (χ3n) is 4.64. The van der Waals surface area contributed by atoms with Crippen molar-refractivity contribution in [1.82, 2.24) is 15.1 Å². The van der Waals surface area contributed by atoms with E-state index in [2.05, 4.69) is 15.7 Å². The van der Waals surface area contributed by atoms with Gasteiger partial charge in [-0.25, -0.2) is 4.99 Å². The highest BCUT2D eigenvalue weighted by Crippen LogP contribution is 2.38. The standard InChI is InChI=1S/C17H19Cl2N5S/c1-24-10-14-15(23-24)21-16(17(22-14)4-6-25-7-5-17)20-9-11-2-3-12(18)13(19)8-11/h2-3,8,10,22H,4-7,9H2,1H3,(H,20,21,23). The van der Waals surface area contributed by atoms with Crippen molar-refractivity contribution in [3.8, 4) is 0 Å². The summed E-state index contributed by atoms with van der Waals surface area (Å²) in [6.45, 7) is 0.647. The van der Waals surface area contributed by atoms with Crippen molar-refractivity contribution in [2.24, 2.45) is 12.0 Å². The van der Waals surface area contributed by atoms with Crippen LogP contribution >= 0.6 is 35.0 Å². The fourth-order valence-corrected chi connectivity index (χ4v) is 4.81. The Labute approximate surface area is 161 Å². The first-order chi connectivity index (χ1) is 12.1. The zero-order valence-corrected chi connectivity index (χ0v) is 16.2. The van der Waals surface area contributed by atoms with Crippen LogP contribution in [0.3, 0.4) is 0 Å². The van der Waals surface area contributed by atoms with Gasteiger partial charge in [0.2, 0.25) is 0 Å². The summed E-state index contributed by atoms with van der Waals surface area (Å²) in [5, 5.41) is 12.8. The lowest BCUT2D eigenvalue weighted by Gasteiger charge is -2.41. The monoisotopic (exact) mass is 395 g/mol. The molecule has 1 aromatic heterocycles. The number of thioether (sulfide) groups is 1. The summed E-state index contributed by atoms with van der Waals surface area (Å²) in [6.07, 6.45) is 4.08. The lowest BCUT2D eigenvalue weighted by atomic mass is 9.89. The van der Waals surface area contributed by atoms with Gasteiger partial charge in [-0.3, -0.25) is 4.68 Å². The Morgan fingerprint density at radius 2 is 2.08 bits per heavy atom. The zero-order valence-electron chi connectivity index (χ0n) is 13.9. The van der Waals surface area contributed by atoms with Gasteiger partial charge in [-0.2, -0.15) is 16.9 Å². The van der Waals surface area contributed by atoms with E-state index >= 15 is 0 Å². The summed E-state index contributed by atoms with van der Waals surface area (Å²) < 4.78 is 1.80. The summed E-state index contributed by atoms with van der Waals surface area (Å²) in [5.41, 5.74) is 1.94. The zero-order chi connectivity index (χ0) is 17.4. The lowest BCUT2D eigenvalue weighted by Crippen LogP contribution is -2.55. The van der Waals surface area contributed by atoms with Crippen LogP contribution in [0.1, 0.15) is 18.4 Å². The number of hydrogen-bond donors (Lipinski definition) is 2. The Morgan fingerprint density at radius 3 is 2.84 bits per heavy atom. The van der Waals surface area contributed by atoms with E-state index in [1.54, 1.807) is 4.68 Å². The van der Waals surface area contributed by atoms with Gasteiger partial charge in [0.05, 0.1) is 21.8 Å². The maximum absolute atomic E-state index is 6.13. The molecule has 0 saturated carbocycles. The first-order valence-corrected chi connectivity index (χ1v) is 10.1. The quantitative estimate of drug-likeness (QED) is 0.798. The number of benzene rings is 1. The minimum Gasteiger partial charge on any atom is -0.368 e. The van der Waals surface area contributed by atoms with Crippen LogP contribution < -0.4 is 10.6 Å². The van der Waals surface area contributed by atoms with E-state index in [0.29, 0.717) is 16.6 Å². The van der Waals surface area contributed by atoms with E-state index in [1.807, 2.05) is 43.2 Å². The number of nitrogens with one attached hydrogen (secondary N) is 2. The molecule has 0 radical (unpaired) electrons. The lowest BCUT2D eigenvalue weighted by molar-refractivity contribution is 0.543. The van der Waals surface area contributed by atoms with Crippen LogP contribution in [0.5, 0.6) is 0 Å². The number of nitrogens with zero attached hydrogens (tertiary/aromatic N) is 3. The summed E-state index contributed by atoms with van der Waals surface area (Å²) in [5.74, 6) is 3.94. The third kappa shape index (κ3) is 3.35. The Kier molecular flexibility index (Phi) is 4.60. The largest absolute Gasteiger partial charge is 0.368 e. The Bertz CT molecular complexity index is 826. The second-order valence-electron chi connectivity index (χ2n) is 6.42. The second-order valence-corrected chi connectivity index (χ2v) is 8.46. The van der Waals surface area contributed by atoms with E-state index in [9.17, 15) is 0 Å². The van der Waals surface area contributed by atoms with Crippen molar-refractivity contribution >= 4 is 52.3 Å². The molecule has 0 bridgehead atoms. The summed E-state index contributed by atoms with van der Waals surface area (Å²) in [7, 11) is 1.92. The Hall–Kier alpha value is -1.37. The third-order valence-corrected chi connectivity index (χ3v) is 6.37. The Balaban J connectivity index is 1.61. The molecule has 1 spiro atoms. The molecule has 25 heavy (non-hydrogen) atoms. The summed E-state index contributed by atoms with van der Waals surface area (Å²) in [6, 6.07) is 5.70. The van der Waals surface area contributed by atoms with Crippen LogP contribution in [0.2, 0.25) is 10.0 Å². The molecule has 0 unspecified atom stereocenters. The molecule has 2 aromatic rings. The number of hydrogen-bond acceptors (Lipinski definition) is 5. The molecular formula is C17H19Cl2N5S. The first kappa shape index (κ1) is 17.1. The van der Waals surface area contributed by atoms with Crippen LogP contribution in [0.15, 0.2) is 29.4 Å². The SMILES string of the molecule is Cn1cc2c(n1)N=C(NCc1ccc(Cl)c(Cl)c1)C1(CCSCC1)N2. The van der Waals surface area contributed by atoms with E-state index in [0.717, 1.165) is 47.3 Å². The number of rotatable bonds is 2. The highest BCUT2D eigenvalue weighted by Gasteiger charge is 2.41. The number of anilines is 1. The van der Waals surface area contributed by atoms with Crippen LogP contribution in [0.4, 0.5) is 11.5 Å². The molecule has 0 amide bonds. The number of halogens is 2. The molecule has 4 rings (SSSR count). The van der Waals surface area contributed by atoms with Gasteiger partial charge in [-0.15, -0.1) is 0 Å². The van der Waals surface area contributed by atoms with E-state index in [-0.39, 0.29) is 5.54 Å². The maximum Gasteiger partial charge on any atom is 0.199 e. The average Bonchev–Trinajstić information content (AvgIpc) is 2.95. The molecule has 0 atom stereocenters. The summed E-state index contributed by atoms with van der Waals surface area (Å²) in [4.78, 5) is 4.84. The highest BCUT2D eigenvalue weighted by molar-refractivity contribution is 7.99. The van der Waals surface area contributed by atoms with E-state index < -0.39 is 0 Å². The molecule has 5 nitrogen and oxygen atoms in total. The fraction of sp³-hybridized carbons (Fsp3) is 0.412. The van der Waals surface area contributed by atoms with Gasteiger partial charge in [0.1, 0.15) is 11.5 Å². The second kappa shape index (κ2) is 6.74. The van der Waals surface area contributed by atoms with Crippen molar-refractivity contribution in [1.29, 1.82) is 0 Å². The molecule has 1 fully saturated rings. The molecule has 1 aromatic carbocycles. The molecule has 2 N–H and O–H groups in total. The van der Waals surface area contributed by atoms with E-state index in [1.165, 1.54) is 0 Å². The smallest absolute Gasteiger partial charge is 0.199 e. The molecule has 0 aliphatic carbocycles. The Morgan fingerprint density at radius 1 is 1.28 bits per heavy atom. The number of fused-ring (bicyclic) bond motifs is 1. The first-order valence-electron chi connectivity index (χ1n) is 8.22. The van der Waals surface area contributed by atoms with Crippen molar-refractivity contribution in [2.45, 2.75) is 24.9 Å². The highest BCUT2D eigenvalue weighted by atomic mass is 35.5. The van der Waals surface area contributed by atoms with Gasteiger partial charge < -0.3 is 10.6 Å². The minimum atomic E-state index is -0.141. The topological polar surface area (TPSA) is 54.2 Å². The van der Waals surface area contributed by atoms with Gasteiger partial charge in [-0.05, 0) is 42.0 Å². The molecule has 3 heterocycles. The van der Waals surface area contributed by atoms with E-state index in [4.69, 9.17) is 28.2 Å². The molecule has 2 aliphatic heterocycles.